The van der Waals surface area contributed by atoms with E-state index in [1.165, 1.54) is 12.0 Å². The van der Waals surface area contributed by atoms with Crippen molar-refractivity contribution in [2.24, 2.45) is 5.92 Å². The van der Waals surface area contributed by atoms with E-state index < -0.39 is 27.4 Å². The van der Waals surface area contributed by atoms with E-state index in [0.29, 0.717) is 0 Å². The molecule has 150 valence electrons. The van der Waals surface area contributed by atoms with E-state index in [0.717, 1.165) is 10.1 Å². The Morgan fingerprint density at radius 3 is 2.57 bits per heavy atom. The summed E-state index contributed by atoms with van der Waals surface area (Å²) in [4.78, 5) is 41.3. The van der Waals surface area contributed by atoms with Gasteiger partial charge in [-0.25, -0.2) is 4.79 Å². The van der Waals surface area contributed by atoms with Crippen molar-refractivity contribution in [3.8, 4) is 0 Å². The van der Waals surface area contributed by atoms with Gasteiger partial charge in [0, 0.05) is 7.11 Å². The van der Waals surface area contributed by atoms with E-state index >= 15 is 0 Å². The molecule has 1 atom stereocenters. The molecule has 0 spiro atoms. The van der Waals surface area contributed by atoms with Gasteiger partial charge in [0.15, 0.2) is 5.69 Å². The number of amides is 1. The van der Waals surface area contributed by atoms with E-state index in [2.05, 4.69) is 4.98 Å². The molecule has 0 saturated heterocycles. The number of carbonyl (C=O) groups excluding carboxylic acids is 1. The fourth-order valence-electron chi connectivity index (χ4n) is 2.95. The minimum Gasteiger partial charge on any atom is -0.383 e. The third-order valence-corrected chi connectivity index (χ3v) is 5.41. The SMILES string of the molecule is COCCn1c(N)c(N(Cc2ccccc2)C(=O)C2CC2(Cl)Cl)c(=O)[nH]c1=O. The largest absolute Gasteiger partial charge is 0.383 e. The maximum Gasteiger partial charge on any atom is 0.330 e. The number of aromatic amines is 1. The first-order chi connectivity index (χ1) is 13.3. The van der Waals surface area contributed by atoms with Gasteiger partial charge < -0.3 is 10.5 Å². The van der Waals surface area contributed by atoms with Crippen molar-refractivity contribution in [3.05, 3.63) is 56.7 Å². The molecule has 1 saturated carbocycles. The molecule has 3 N–H and O–H groups in total. The molecule has 28 heavy (non-hydrogen) atoms. The summed E-state index contributed by atoms with van der Waals surface area (Å²) in [5.74, 6) is -1.20. The summed E-state index contributed by atoms with van der Waals surface area (Å²) in [5, 5.41) is 0. The Balaban J connectivity index is 2.08. The van der Waals surface area contributed by atoms with Crippen LogP contribution in [-0.2, 0) is 22.6 Å². The first-order valence-electron chi connectivity index (χ1n) is 8.61. The molecule has 2 aromatic rings. The van der Waals surface area contributed by atoms with Crippen molar-refractivity contribution in [2.45, 2.75) is 23.8 Å². The van der Waals surface area contributed by atoms with Crippen molar-refractivity contribution in [1.82, 2.24) is 9.55 Å². The van der Waals surface area contributed by atoms with E-state index in [1.54, 1.807) is 0 Å². The van der Waals surface area contributed by atoms with Crippen LogP contribution in [0.4, 0.5) is 11.5 Å². The van der Waals surface area contributed by atoms with Crippen LogP contribution < -0.4 is 21.9 Å². The van der Waals surface area contributed by atoms with Gasteiger partial charge in [0.25, 0.3) is 5.56 Å². The Labute approximate surface area is 170 Å². The highest BCUT2D eigenvalue weighted by molar-refractivity contribution is 6.52. The lowest BCUT2D eigenvalue weighted by Crippen LogP contribution is -2.42. The Bertz CT molecular complexity index is 987. The molecule has 3 rings (SSSR count). The van der Waals surface area contributed by atoms with Gasteiger partial charge in [-0.1, -0.05) is 30.3 Å². The number of methoxy groups -OCH3 is 1. The molecular weight excluding hydrogens is 407 g/mol. The van der Waals surface area contributed by atoms with E-state index in [9.17, 15) is 14.4 Å². The minimum absolute atomic E-state index is 0.0792. The second-order valence-electron chi connectivity index (χ2n) is 6.57. The van der Waals surface area contributed by atoms with Gasteiger partial charge in [-0.15, -0.1) is 23.2 Å². The van der Waals surface area contributed by atoms with Crippen molar-refractivity contribution < 1.29 is 9.53 Å². The number of alkyl halides is 2. The minimum atomic E-state index is -1.17. The molecule has 1 aliphatic rings. The number of aromatic nitrogens is 2. The standard InChI is InChI=1S/C18H20Cl2N4O4/c1-28-8-7-23-14(21)13(15(25)22-17(23)27)24(10-11-5-3-2-4-6-11)16(26)12-9-18(12,19)20/h2-6,12H,7-10,21H2,1H3,(H,22,25,27). The summed E-state index contributed by atoms with van der Waals surface area (Å²) >= 11 is 12.1. The Morgan fingerprint density at radius 2 is 2.00 bits per heavy atom. The topological polar surface area (TPSA) is 110 Å². The number of nitrogens with zero attached hydrogens (tertiary/aromatic N) is 2. The van der Waals surface area contributed by atoms with E-state index in [-0.39, 0.29) is 37.6 Å². The van der Waals surface area contributed by atoms with Crippen LogP contribution in [0.2, 0.25) is 0 Å². The molecule has 1 fully saturated rings. The number of hydrogen-bond acceptors (Lipinski definition) is 5. The molecule has 1 aromatic heterocycles. The molecule has 1 aromatic carbocycles. The van der Waals surface area contributed by atoms with Gasteiger partial charge in [0.05, 0.1) is 25.6 Å². The average Bonchev–Trinajstić information content (AvgIpc) is 3.29. The zero-order valence-corrected chi connectivity index (χ0v) is 16.7. The fraction of sp³-hybridized carbons (Fsp3) is 0.389. The molecule has 1 heterocycles. The van der Waals surface area contributed by atoms with Gasteiger partial charge in [0.2, 0.25) is 5.91 Å². The molecule has 8 nitrogen and oxygen atoms in total. The highest BCUT2D eigenvalue weighted by Gasteiger charge is 2.58. The average molecular weight is 427 g/mol. The second kappa shape index (κ2) is 7.98. The normalized spacial score (nSPS) is 17.3. The number of halogens is 2. The lowest BCUT2D eigenvalue weighted by Gasteiger charge is -2.25. The van der Waals surface area contributed by atoms with Crippen LogP contribution in [0.5, 0.6) is 0 Å². The molecule has 10 heteroatoms. The monoisotopic (exact) mass is 426 g/mol. The van der Waals surface area contributed by atoms with Gasteiger partial charge >= 0.3 is 5.69 Å². The van der Waals surface area contributed by atoms with Crippen LogP contribution in [0.15, 0.2) is 39.9 Å². The summed E-state index contributed by atoms with van der Waals surface area (Å²) in [5.41, 5.74) is 5.37. The third-order valence-electron chi connectivity index (χ3n) is 4.58. The number of benzene rings is 1. The third kappa shape index (κ3) is 4.09. The Hall–Kier alpha value is -2.29. The predicted octanol–water partition coefficient (Wildman–Crippen LogP) is 1.49. The van der Waals surface area contributed by atoms with Crippen LogP contribution in [0.1, 0.15) is 12.0 Å². The first-order valence-corrected chi connectivity index (χ1v) is 9.36. The second-order valence-corrected chi connectivity index (χ2v) is 8.11. The number of H-pyrrole nitrogens is 1. The number of hydrogen-bond donors (Lipinski definition) is 2. The molecule has 0 aliphatic heterocycles. The van der Waals surface area contributed by atoms with Crippen LogP contribution in [0, 0.1) is 5.92 Å². The van der Waals surface area contributed by atoms with Gasteiger partial charge in [-0.3, -0.25) is 24.0 Å². The lowest BCUT2D eigenvalue weighted by atomic mass is 10.2. The van der Waals surface area contributed by atoms with Crippen LogP contribution in [-0.4, -0.2) is 33.5 Å². The number of carbonyl (C=O) groups is 1. The number of nitrogens with two attached hydrogens (primary N) is 1. The van der Waals surface area contributed by atoms with Gasteiger partial charge in [-0.05, 0) is 12.0 Å². The van der Waals surface area contributed by atoms with Gasteiger partial charge in [0.1, 0.15) is 10.2 Å². The molecule has 1 unspecified atom stereocenters. The van der Waals surface area contributed by atoms with Crippen molar-refractivity contribution >= 4 is 40.6 Å². The molecule has 1 aliphatic carbocycles. The van der Waals surface area contributed by atoms with E-state index in [1.807, 2.05) is 30.3 Å². The van der Waals surface area contributed by atoms with Crippen LogP contribution >= 0.6 is 23.2 Å². The maximum atomic E-state index is 13.1. The predicted molar refractivity (Wildman–Crippen MR) is 108 cm³/mol. The first kappa shape index (κ1) is 20.4. The molecule has 1 amide bonds. The van der Waals surface area contributed by atoms with Crippen molar-refractivity contribution in [3.63, 3.8) is 0 Å². The maximum absolute atomic E-state index is 13.1. The Morgan fingerprint density at radius 1 is 1.36 bits per heavy atom. The number of nitrogens with one attached hydrogen (secondary N) is 1. The van der Waals surface area contributed by atoms with Gasteiger partial charge in [-0.2, -0.15) is 0 Å². The zero-order chi connectivity index (χ0) is 20.5. The summed E-state index contributed by atoms with van der Waals surface area (Å²) in [6.07, 6.45) is 0.279. The van der Waals surface area contributed by atoms with Crippen molar-refractivity contribution in [1.29, 1.82) is 0 Å². The fourth-order valence-corrected chi connectivity index (χ4v) is 3.44. The highest BCUT2D eigenvalue weighted by Crippen LogP contribution is 2.54. The molecule has 0 bridgehead atoms. The summed E-state index contributed by atoms with van der Waals surface area (Å²) in [6, 6.07) is 9.09. The molecule has 0 radical (unpaired) electrons. The van der Waals surface area contributed by atoms with E-state index in [4.69, 9.17) is 33.7 Å². The highest BCUT2D eigenvalue weighted by atomic mass is 35.5. The summed E-state index contributed by atoms with van der Waals surface area (Å²) in [6.45, 7) is 0.407. The number of nitrogen functional groups attached to an aromatic ring is 1. The quantitative estimate of drug-likeness (QED) is 0.651. The Kier molecular flexibility index (Phi) is 5.83. The van der Waals surface area contributed by atoms with Crippen LogP contribution in [0.3, 0.4) is 0 Å². The summed E-state index contributed by atoms with van der Waals surface area (Å²) in [7, 11) is 1.48. The zero-order valence-electron chi connectivity index (χ0n) is 15.2. The lowest BCUT2D eigenvalue weighted by molar-refractivity contribution is -0.120. The smallest absolute Gasteiger partial charge is 0.330 e. The number of ether oxygens (including phenoxy) is 1. The number of anilines is 2. The van der Waals surface area contributed by atoms with Crippen molar-refractivity contribution in [2.75, 3.05) is 24.4 Å². The summed E-state index contributed by atoms with van der Waals surface area (Å²) < 4.78 is 4.97. The van der Waals surface area contributed by atoms with Crippen LogP contribution in [0.25, 0.3) is 0 Å². The molecular formula is C18H20Cl2N4O4. The number of rotatable bonds is 7.